The first-order chi connectivity index (χ1) is 8.86. The Morgan fingerprint density at radius 2 is 1.58 bits per heavy atom. The van der Waals surface area contributed by atoms with E-state index in [0.717, 1.165) is 5.69 Å². The maximum Gasteiger partial charge on any atom is 0.240 e. The Morgan fingerprint density at radius 3 is 2.11 bits per heavy atom. The Bertz CT molecular complexity index is 699. The van der Waals surface area contributed by atoms with Crippen molar-refractivity contribution in [3.63, 3.8) is 0 Å². The Labute approximate surface area is 116 Å². The Morgan fingerprint density at radius 1 is 1.00 bits per heavy atom. The van der Waals surface area contributed by atoms with E-state index in [9.17, 15) is 8.42 Å². The lowest BCUT2D eigenvalue weighted by Crippen LogP contribution is -2.14. The van der Waals surface area contributed by atoms with Gasteiger partial charge in [0.25, 0.3) is 0 Å². The van der Waals surface area contributed by atoms with Crippen molar-refractivity contribution in [3.05, 3.63) is 47.5 Å². The van der Waals surface area contributed by atoms with Crippen LogP contribution in [0.3, 0.4) is 0 Å². The summed E-state index contributed by atoms with van der Waals surface area (Å²) in [5.41, 5.74) is 7.24. The second-order valence-electron chi connectivity index (χ2n) is 3.93. The molecule has 19 heavy (non-hydrogen) atoms. The minimum Gasteiger partial charge on any atom is -0.398 e. The molecule has 0 aliphatic heterocycles. The molecular formula is C12H12ClN3O2S. The van der Waals surface area contributed by atoms with Gasteiger partial charge in [-0.15, -0.1) is 0 Å². The summed E-state index contributed by atoms with van der Waals surface area (Å²) in [5.74, 6) is 0. The maximum absolute atomic E-state index is 11.2. The standard InChI is InChI=1S/C12H12ClN3O2S/c13-8-1-3-9(4-2-8)16-10-5-6-12(11(14)7-10)19(15,17)18/h1-7,16H,14H2,(H2,15,17,18). The minimum absolute atomic E-state index is 0.0887. The summed E-state index contributed by atoms with van der Waals surface area (Å²) in [4.78, 5) is -0.0887. The van der Waals surface area contributed by atoms with Crippen molar-refractivity contribution in [2.24, 2.45) is 5.14 Å². The number of benzene rings is 2. The van der Waals surface area contributed by atoms with Crippen LogP contribution < -0.4 is 16.2 Å². The SMILES string of the molecule is Nc1cc(Nc2ccc(Cl)cc2)ccc1S(N)(=O)=O. The highest BCUT2D eigenvalue weighted by Crippen LogP contribution is 2.24. The average Bonchev–Trinajstić information content (AvgIpc) is 2.30. The molecule has 2 rings (SSSR count). The van der Waals surface area contributed by atoms with Crippen LogP contribution in [-0.4, -0.2) is 8.42 Å². The van der Waals surface area contributed by atoms with Gasteiger partial charge in [-0.3, -0.25) is 0 Å². The van der Waals surface area contributed by atoms with E-state index in [4.69, 9.17) is 22.5 Å². The third-order valence-electron chi connectivity index (χ3n) is 2.45. The topological polar surface area (TPSA) is 98.2 Å². The fraction of sp³-hybridized carbons (Fsp3) is 0. The molecule has 5 N–H and O–H groups in total. The number of hydrogen-bond acceptors (Lipinski definition) is 4. The molecule has 100 valence electrons. The predicted octanol–water partition coefficient (Wildman–Crippen LogP) is 2.31. The highest BCUT2D eigenvalue weighted by atomic mass is 35.5. The van der Waals surface area contributed by atoms with Crippen LogP contribution in [-0.2, 0) is 10.0 Å². The molecule has 0 aliphatic rings. The molecule has 2 aromatic rings. The van der Waals surface area contributed by atoms with Crippen LogP contribution in [0.2, 0.25) is 5.02 Å². The number of anilines is 3. The molecule has 0 saturated carbocycles. The largest absolute Gasteiger partial charge is 0.398 e. The lowest BCUT2D eigenvalue weighted by molar-refractivity contribution is 0.598. The number of nitrogen functional groups attached to an aromatic ring is 1. The van der Waals surface area contributed by atoms with Gasteiger partial charge in [0.15, 0.2) is 0 Å². The number of nitrogens with one attached hydrogen (secondary N) is 1. The number of sulfonamides is 1. The third kappa shape index (κ3) is 3.37. The van der Waals surface area contributed by atoms with Gasteiger partial charge in [-0.25, -0.2) is 13.6 Å². The second-order valence-corrected chi connectivity index (χ2v) is 5.90. The van der Waals surface area contributed by atoms with Crippen LogP contribution in [0, 0.1) is 0 Å². The van der Waals surface area contributed by atoms with Crippen molar-refractivity contribution in [1.82, 2.24) is 0 Å². The summed E-state index contributed by atoms with van der Waals surface area (Å²) in [5, 5.41) is 8.74. The van der Waals surface area contributed by atoms with Crippen molar-refractivity contribution in [2.75, 3.05) is 11.1 Å². The Kier molecular flexibility index (Phi) is 3.66. The first kappa shape index (κ1) is 13.7. The zero-order valence-corrected chi connectivity index (χ0v) is 11.4. The molecule has 0 aromatic heterocycles. The van der Waals surface area contributed by atoms with Gasteiger partial charge in [-0.2, -0.15) is 0 Å². The fourth-order valence-corrected chi connectivity index (χ4v) is 2.36. The number of nitrogens with two attached hydrogens (primary N) is 2. The summed E-state index contributed by atoms with van der Waals surface area (Å²) in [6.07, 6.45) is 0. The highest BCUT2D eigenvalue weighted by Gasteiger charge is 2.12. The van der Waals surface area contributed by atoms with E-state index in [0.29, 0.717) is 10.7 Å². The smallest absolute Gasteiger partial charge is 0.240 e. The molecule has 0 fully saturated rings. The molecule has 0 spiro atoms. The number of halogens is 1. The summed E-state index contributed by atoms with van der Waals surface area (Å²) < 4.78 is 22.4. The molecule has 0 saturated heterocycles. The molecule has 0 unspecified atom stereocenters. The van der Waals surface area contributed by atoms with Crippen molar-refractivity contribution in [3.8, 4) is 0 Å². The molecule has 0 heterocycles. The van der Waals surface area contributed by atoms with Crippen LogP contribution in [0.25, 0.3) is 0 Å². The molecule has 0 radical (unpaired) electrons. The number of rotatable bonds is 3. The molecular weight excluding hydrogens is 286 g/mol. The second kappa shape index (κ2) is 5.08. The van der Waals surface area contributed by atoms with Crippen LogP contribution in [0.4, 0.5) is 17.1 Å². The fourth-order valence-electron chi connectivity index (χ4n) is 1.59. The van der Waals surface area contributed by atoms with Gasteiger partial charge >= 0.3 is 0 Å². The van der Waals surface area contributed by atoms with Gasteiger partial charge in [0, 0.05) is 16.4 Å². The maximum atomic E-state index is 11.2. The van der Waals surface area contributed by atoms with Gasteiger partial charge < -0.3 is 11.1 Å². The van der Waals surface area contributed by atoms with E-state index in [1.165, 1.54) is 12.1 Å². The van der Waals surface area contributed by atoms with Gasteiger partial charge in [-0.1, -0.05) is 11.6 Å². The van der Waals surface area contributed by atoms with Crippen molar-refractivity contribution >= 4 is 38.7 Å². The summed E-state index contributed by atoms with van der Waals surface area (Å²) in [6, 6.07) is 11.5. The summed E-state index contributed by atoms with van der Waals surface area (Å²) in [7, 11) is -3.80. The highest BCUT2D eigenvalue weighted by molar-refractivity contribution is 7.89. The predicted molar refractivity (Wildman–Crippen MR) is 77.0 cm³/mol. The van der Waals surface area contributed by atoms with Crippen LogP contribution >= 0.6 is 11.6 Å². The van der Waals surface area contributed by atoms with E-state index in [2.05, 4.69) is 5.32 Å². The lowest BCUT2D eigenvalue weighted by atomic mass is 10.2. The van der Waals surface area contributed by atoms with E-state index in [1.807, 2.05) is 0 Å². The molecule has 0 bridgehead atoms. The first-order valence-corrected chi connectivity index (χ1v) is 7.23. The van der Waals surface area contributed by atoms with Gasteiger partial charge in [0.1, 0.15) is 4.90 Å². The van der Waals surface area contributed by atoms with Crippen LogP contribution in [0.15, 0.2) is 47.4 Å². The lowest BCUT2D eigenvalue weighted by Gasteiger charge is -2.09. The minimum atomic E-state index is -3.80. The van der Waals surface area contributed by atoms with Crippen molar-refractivity contribution in [2.45, 2.75) is 4.90 Å². The molecule has 0 atom stereocenters. The Balaban J connectivity index is 2.28. The molecule has 5 nitrogen and oxygen atoms in total. The van der Waals surface area contributed by atoms with Gasteiger partial charge in [0.2, 0.25) is 10.0 Å². The summed E-state index contributed by atoms with van der Waals surface area (Å²) in [6.45, 7) is 0. The number of primary sulfonamides is 1. The monoisotopic (exact) mass is 297 g/mol. The van der Waals surface area contributed by atoms with Gasteiger partial charge in [0.05, 0.1) is 5.69 Å². The molecule has 0 aliphatic carbocycles. The Hall–Kier alpha value is -1.76. The molecule has 0 amide bonds. The van der Waals surface area contributed by atoms with Crippen LogP contribution in [0.1, 0.15) is 0 Å². The van der Waals surface area contributed by atoms with Crippen molar-refractivity contribution in [1.29, 1.82) is 0 Å². The summed E-state index contributed by atoms with van der Waals surface area (Å²) >= 11 is 5.78. The van der Waals surface area contributed by atoms with Gasteiger partial charge in [-0.05, 0) is 42.5 Å². The zero-order chi connectivity index (χ0) is 14.0. The van der Waals surface area contributed by atoms with E-state index in [-0.39, 0.29) is 10.6 Å². The molecule has 2 aromatic carbocycles. The van der Waals surface area contributed by atoms with E-state index in [1.54, 1.807) is 30.3 Å². The quantitative estimate of drug-likeness (QED) is 0.757. The third-order valence-corrected chi connectivity index (χ3v) is 3.69. The van der Waals surface area contributed by atoms with E-state index < -0.39 is 10.0 Å². The molecule has 7 heteroatoms. The number of hydrogen-bond donors (Lipinski definition) is 3. The van der Waals surface area contributed by atoms with E-state index >= 15 is 0 Å². The van der Waals surface area contributed by atoms with Crippen molar-refractivity contribution < 1.29 is 8.42 Å². The zero-order valence-electron chi connectivity index (χ0n) is 9.80. The van der Waals surface area contributed by atoms with Crippen LogP contribution in [0.5, 0.6) is 0 Å². The first-order valence-electron chi connectivity index (χ1n) is 5.31. The average molecular weight is 298 g/mol. The normalized spacial score (nSPS) is 11.3.